The number of hydrogen-bond donors (Lipinski definition) is 0. The molecule has 3 heteroatoms. The summed E-state index contributed by atoms with van der Waals surface area (Å²) < 4.78 is 4.87. The molecule has 0 rings (SSSR count). The summed E-state index contributed by atoms with van der Waals surface area (Å²) in [6.45, 7) is 1.99. The van der Waals surface area contributed by atoms with Crippen LogP contribution < -0.4 is 0 Å². The maximum absolute atomic E-state index is 5.78. The topological polar surface area (TPSA) is 21.6 Å². The van der Waals surface area contributed by atoms with Crippen molar-refractivity contribution in [1.29, 1.82) is 0 Å². The summed E-state index contributed by atoms with van der Waals surface area (Å²) >= 11 is 5.78. The Morgan fingerprint density at radius 2 is 2.33 bits per heavy atom. The van der Waals surface area contributed by atoms with Crippen LogP contribution in [0.4, 0.5) is 0 Å². The third-order valence-electron chi connectivity index (χ3n) is 1.06. The standard InChI is InChI=1S/C6H12ClNO/c1-4-5(7)6(8-2)9-3/h5H,4H2,1-3H3. The summed E-state index contributed by atoms with van der Waals surface area (Å²) in [5.41, 5.74) is 0. The smallest absolute Gasteiger partial charge is 0.201 e. The maximum Gasteiger partial charge on any atom is 0.201 e. The van der Waals surface area contributed by atoms with E-state index in [-0.39, 0.29) is 5.38 Å². The highest BCUT2D eigenvalue weighted by Crippen LogP contribution is 2.03. The van der Waals surface area contributed by atoms with Crippen molar-refractivity contribution >= 4 is 17.5 Å². The van der Waals surface area contributed by atoms with Crippen molar-refractivity contribution in [3.63, 3.8) is 0 Å². The highest BCUT2D eigenvalue weighted by molar-refractivity contribution is 6.30. The molecule has 0 N–H and O–H groups in total. The minimum Gasteiger partial charge on any atom is -0.483 e. The zero-order chi connectivity index (χ0) is 7.28. The fourth-order valence-corrected chi connectivity index (χ4v) is 0.721. The zero-order valence-electron chi connectivity index (χ0n) is 6.02. The van der Waals surface area contributed by atoms with Gasteiger partial charge < -0.3 is 4.74 Å². The van der Waals surface area contributed by atoms with Gasteiger partial charge in [-0.1, -0.05) is 6.92 Å². The molecule has 0 aromatic rings. The highest BCUT2D eigenvalue weighted by Gasteiger charge is 2.08. The number of hydrogen-bond acceptors (Lipinski definition) is 2. The third-order valence-corrected chi connectivity index (χ3v) is 1.55. The maximum atomic E-state index is 5.78. The van der Waals surface area contributed by atoms with E-state index in [0.717, 1.165) is 6.42 Å². The Balaban J connectivity index is 3.80. The Bertz CT molecular complexity index is 103. The van der Waals surface area contributed by atoms with E-state index in [1.54, 1.807) is 14.2 Å². The van der Waals surface area contributed by atoms with E-state index in [9.17, 15) is 0 Å². The fourth-order valence-electron chi connectivity index (χ4n) is 0.534. The van der Waals surface area contributed by atoms with Crippen molar-refractivity contribution in [2.75, 3.05) is 14.2 Å². The third kappa shape index (κ3) is 2.70. The second-order valence-corrected chi connectivity index (χ2v) is 2.17. The molecule has 0 aromatic carbocycles. The van der Waals surface area contributed by atoms with Gasteiger partial charge in [0.2, 0.25) is 5.90 Å². The van der Waals surface area contributed by atoms with Gasteiger partial charge in [-0.25, -0.2) is 0 Å². The molecule has 0 bridgehead atoms. The van der Waals surface area contributed by atoms with Gasteiger partial charge in [0, 0.05) is 7.05 Å². The first-order valence-electron chi connectivity index (χ1n) is 2.91. The minimum atomic E-state index is -0.0694. The average Bonchev–Trinajstić information content (AvgIpc) is 1.90. The summed E-state index contributed by atoms with van der Waals surface area (Å²) in [5.74, 6) is 0.610. The van der Waals surface area contributed by atoms with E-state index in [4.69, 9.17) is 16.3 Å². The van der Waals surface area contributed by atoms with Crippen molar-refractivity contribution in [3.8, 4) is 0 Å². The molecule has 0 aliphatic rings. The lowest BCUT2D eigenvalue weighted by Crippen LogP contribution is -2.15. The van der Waals surface area contributed by atoms with Crippen LogP contribution in [0, 0.1) is 0 Å². The number of halogens is 1. The van der Waals surface area contributed by atoms with Crippen LogP contribution >= 0.6 is 11.6 Å². The number of nitrogens with zero attached hydrogens (tertiary/aromatic N) is 1. The Morgan fingerprint density at radius 1 is 1.78 bits per heavy atom. The molecule has 0 aliphatic carbocycles. The lowest BCUT2D eigenvalue weighted by molar-refractivity contribution is 0.389. The number of alkyl halides is 1. The van der Waals surface area contributed by atoms with E-state index in [1.807, 2.05) is 6.92 Å². The molecule has 0 aromatic heterocycles. The summed E-state index contributed by atoms with van der Waals surface area (Å²) in [6, 6.07) is 0. The van der Waals surface area contributed by atoms with Crippen LogP contribution in [0.2, 0.25) is 0 Å². The van der Waals surface area contributed by atoms with Gasteiger partial charge in [0.1, 0.15) is 5.38 Å². The van der Waals surface area contributed by atoms with Crippen molar-refractivity contribution < 1.29 is 4.74 Å². The average molecular weight is 150 g/mol. The molecular formula is C6H12ClNO. The SMILES string of the molecule is CCC(Cl)C(=NC)OC. The van der Waals surface area contributed by atoms with Gasteiger partial charge in [-0.3, -0.25) is 4.99 Å². The van der Waals surface area contributed by atoms with Crippen LogP contribution in [0.15, 0.2) is 4.99 Å². The minimum absolute atomic E-state index is 0.0694. The Labute approximate surface area is 60.9 Å². The van der Waals surface area contributed by atoms with E-state index < -0.39 is 0 Å². The van der Waals surface area contributed by atoms with Gasteiger partial charge in [-0.2, -0.15) is 0 Å². The van der Waals surface area contributed by atoms with Crippen LogP contribution in [0.3, 0.4) is 0 Å². The molecule has 1 unspecified atom stereocenters. The van der Waals surface area contributed by atoms with Crippen LogP contribution in [0.25, 0.3) is 0 Å². The van der Waals surface area contributed by atoms with Gasteiger partial charge in [0.25, 0.3) is 0 Å². The lowest BCUT2D eigenvalue weighted by Gasteiger charge is -2.06. The van der Waals surface area contributed by atoms with E-state index in [1.165, 1.54) is 0 Å². The second-order valence-electron chi connectivity index (χ2n) is 1.64. The first-order chi connectivity index (χ1) is 4.26. The molecule has 0 spiro atoms. The predicted octanol–water partition coefficient (Wildman–Crippen LogP) is 1.68. The van der Waals surface area contributed by atoms with E-state index in [2.05, 4.69) is 4.99 Å². The van der Waals surface area contributed by atoms with Crippen LogP contribution in [-0.2, 0) is 4.74 Å². The number of methoxy groups -OCH3 is 1. The molecule has 0 saturated carbocycles. The Morgan fingerprint density at radius 3 is 2.44 bits per heavy atom. The molecule has 54 valence electrons. The first kappa shape index (κ1) is 8.76. The molecule has 0 heterocycles. The zero-order valence-corrected chi connectivity index (χ0v) is 6.77. The van der Waals surface area contributed by atoms with Crippen LogP contribution in [0.5, 0.6) is 0 Å². The normalized spacial score (nSPS) is 15.3. The summed E-state index contributed by atoms with van der Waals surface area (Å²) in [6.07, 6.45) is 0.849. The Hall–Kier alpha value is -0.240. The van der Waals surface area contributed by atoms with E-state index in [0.29, 0.717) is 5.90 Å². The molecule has 0 radical (unpaired) electrons. The monoisotopic (exact) mass is 149 g/mol. The molecule has 0 amide bonds. The van der Waals surface area contributed by atoms with Crippen LogP contribution in [0.1, 0.15) is 13.3 Å². The largest absolute Gasteiger partial charge is 0.483 e. The molecule has 2 nitrogen and oxygen atoms in total. The quantitative estimate of drug-likeness (QED) is 0.333. The fraction of sp³-hybridized carbons (Fsp3) is 0.833. The number of rotatable bonds is 2. The Kier molecular flexibility index (Phi) is 4.50. The van der Waals surface area contributed by atoms with Gasteiger partial charge in [0.05, 0.1) is 7.11 Å². The van der Waals surface area contributed by atoms with Gasteiger partial charge >= 0.3 is 0 Å². The highest BCUT2D eigenvalue weighted by atomic mass is 35.5. The van der Waals surface area contributed by atoms with Gasteiger partial charge in [-0.05, 0) is 6.42 Å². The van der Waals surface area contributed by atoms with Crippen LogP contribution in [-0.4, -0.2) is 25.4 Å². The second kappa shape index (κ2) is 4.62. The molecule has 1 atom stereocenters. The molecule has 0 fully saturated rings. The van der Waals surface area contributed by atoms with Crippen molar-refractivity contribution in [1.82, 2.24) is 0 Å². The lowest BCUT2D eigenvalue weighted by atomic mass is 10.3. The molecule has 9 heavy (non-hydrogen) atoms. The number of aliphatic imine (C=N–C) groups is 1. The molecular weight excluding hydrogens is 138 g/mol. The molecule has 0 saturated heterocycles. The summed E-state index contributed by atoms with van der Waals surface area (Å²) in [5, 5.41) is -0.0694. The summed E-state index contributed by atoms with van der Waals surface area (Å²) in [7, 11) is 3.25. The molecule has 0 aliphatic heterocycles. The van der Waals surface area contributed by atoms with Crippen molar-refractivity contribution in [2.24, 2.45) is 4.99 Å². The van der Waals surface area contributed by atoms with E-state index >= 15 is 0 Å². The van der Waals surface area contributed by atoms with Crippen molar-refractivity contribution in [2.45, 2.75) is 18.7 Å². The first-order valence-corrected chi connectivity index (χ1v) is 3.34. The van der Waals surface area contributed by atoms with Gasteiger partial charge in [0.15, 0.2) is 0 Å². The van der Waals surface area contributed by atoms with Crippen molar-refractivity contribution in [3.05, 3.63) is 0 Å². The number of ether oxygens (including phenoxy) is 1. The summed E-state index contributed by atoms with van der Waals surface area (Å²) in [4.78, 5) is 3.84. The van der Waals surface area contributed by atoms with Gasteiger partial charge in [-0.15, -0.1) is 11.6 Å². The predicted molar refractivity (Wildman–Crippen MR) is 40.3 cm³/mol.